The standard InChI is InChI=1S/C32H32F3N7O2/c1-40-11-13-42(14-12-40)26-9-6-21(15-28(26)44-4)38-31-37-18-24(20-5-10-29(36-17-20)32(33,34)35)30(39-31)25-19-41(2)27-16-22(43-3)7-8-23(25)27/h5-10,15-19H,11-14H2,1-4H3,(H,37,38,39). The second-order valence-electron chi connectivity index (χ2n) is 10.7. The molecule has 228 valence electrons. The molecule has 12 heteroatoms. The van der Waals surface area contributed by atoms with E-state index in [0.29, 0.717) is 28.5 Å². The fourth-order valence-corrected chi connectivity index (χ4v) is 5.45. The molecule has 9 nitrogen and oxygen atoms in total. The molecule has 4 heterocycles. The van der Waals surface area contributed by atoms with Crippen molar-refractivity contribution in [2.45, 2.75) is 6.18 Å². The first-order valence-electron chi connectivity index (χ1n) is 14.1. The number of methoxy groups -OCH3 is 2. The zero-order chi connectivity index (χ0) is 31.0. The van der Waals surface area contributed by atoms with Gasteiger partial charge >= 0.3 is 6.18 Å². The average Bonchev–Trinajstić information content (AvgIpc) is 3.36. The number of piperazine rings is 1. The van der Waals surface area contributed by atoms with Gasteiger partial charge in [0, 0.05) is 91.7 Å². The minimum Gasteiger partial charge on any atom is -0.497 e. The van der Waals surface area contributed by atoms with E-state index in [4.69, 9.17) is 14.5 Å². The summed E-state index contributed by atoms with van der Waals surface area (Å²) in [6.07, 6.45) is 0.202. The maximum Gasteiger partial charge on any atom is 0.433 e. The maximum absolute atomic E-state index is 13.2. The number of aromatic nitrogens is 4. The lowest BCUT2D eigenvalue weighted by Crippen LogP contribution is -2.44. The monoisotopic (exact) mass is 603 g/mol. The summed E-state index contributed by atoms with van der Waals surface area (Å²) in [4.78, 5) is 17.7. The fourth-order valence-electron chi connectivity index (χ4n) is 5.45. The number of halogens is 3. The van der Waals surface area contributed by atoms with Crippen molar-refractivity contribution in [2.75, 3.05) is 57.7 Å². The number of rotatable bonds is 7. The average molecular weight is 604 g/mol. The molecule has 0 bridgehead atoms. The number of nitrogens with zero attached hydrogens (tertiary/aromatic N) is 6. The number of hydrogen-bond donors (Lipinski definition) is 1. The maximum atomic E-state index is 13.2. The molecule has 1 fully saturated rings. The van der Waals surface area contributed by atoms with Crippen molar-refractivity contribution in [3.8, 4) is 33.9 Å². The highest BCUT2D eigenvalue weighted by Gasteiger charge is 2.32. The summed E-state index contributed by atoms with van der Waals surface area (Å²) in [5.74, 6) is 1.76. The first-order chi connectivity index (χ1) is 21.1. The highest BCUT2D eigenvalue weighted by Crippen LogP contribution is 2.39. The lowest BCUT2D eigenvalue weighted by Gasteiger charge is -2.34. The molecule has 0 spiro atoms. The van der Waals surface area contributed by atoms with Gasteiger partial charge in [0.25, 0.3) is 0 Å². The summed E-state index contributed by atoms with van der Waals surface area (Å²) in [6, 6.07) is 14.0. The molecule has 0 amide bonds. The summed E-state index contributed by atoms with van der Waals surface area (Å²) < 4.78 is 52.8. The molecule has 0 aliphatic carbocycles. The molecule has 5 aromatic rings. The third-order valence-corrected chi connectivity index (χ3v) is 7.89. The lowest BCUT2D eigenvalue weighted by atomic mass is 10.0. The van der Waals surface area contributed by atoms with Crippen molar-refractivity contribution in [3.63, 3.8) is 0 Å². The van der Waals surface area contributed by atoms with Crippen molar-refractivity contribution in [2.24, 2.45) is 7.05 Å². The van der Waals surface area contributed by atoms with Crippen LogP contribution in [0.1, 0.15) is 5.69 Å². The number of alkyl halides is 3. The lowest BCUT2D eigenvalue weighted by molar-refractivity contribution is -0.141. The predicted octanol–water partition coefficient (Wildman–Crippen LogP) is 6.23. The van der Waals surface area contributed by atoms with Crippen LogP contribution in [0.2, 0.25) is 0 Å². The van der Waals surface area contributed by atoms with Crippen LogP contribution < -0.4 is 19.7 Å². The van der Waals surface area contributed by atoms with Crippen LogP contribution in [-0.2, 0) is 13.2 Å². The summed E-state index contributed by atoms with van der Waals surface area (Å²) in [5, 5.41) is 4.19. The molecule has 1 aliphatic heterocycles. The molecular formula is C32H32F3N7O2. The minimum atomic E-state index is -4.54. The van der Waals surface area contributed by atoms with Crippen molar-refractivity contribution < 1.29 is 22.6 Å². The smallest absolute Gasteiger partial charge is 0.433 e. The van der Waals surface area contributed by atoms with Gasteiger partial charge in [-0.3, -0.25) is 4.98 Å². The molecule has 1 saturated heterocycles. The van der Waals surface area contributed by atoms with E-state index in [1.807, 2.05) is 54.2 Å². The van der Waals surface area contributed by atoms with Gasteiger partial charge in [-0.05, 0) is 37.4 Å². The molecule has 3 aromatic heterocycles. The second-order valence-corrected chi connectivity index (χ2v) is 10.7. The van der Waals surface area contributed by atoms with E-state index in [9.17, 15) is 13.2 Å². The van der Waals surface area contributed by atoms with Gasteiger partial charge in [-0.1, -0.05) is 6.07 Å². The summed E-state index contributed by atoms with van der Waals surface area (Å²) in [6.45, 7) is 3.76. The first-order valence-corrected chi connectivity index (χ1v) is 14.1. The van der Waals surface area contributed by atoms with Crippen LogP contribution in [0.3, 0.4) is 0 Å². The normalized spacial score (nSPS) is 14.2. The van der Waals surface area contributed by atoms with Crippen molar-refractivity contribution >= 4 is 28.2 Å². The number of aryl methyl sites for hydroxylation is 1. The Kier molecular flexibility index (Phi) is 7.76. The molecule has 1 N–H and O–H groups in total. The number of nitrogens with one attached hydrogen (secondary N) is 1. The van der Waals surface area contributed by atoms with Crippen LogP contribution in [0.25, 0.3) is 33.3 Å². The van der Waals surface area contributed by atoms with Crippen molar-refractivity contribution in [3.05, 3.63) is 72.8 Å². The Morgan fingerprint density at radius 2 is 1.64 bits per heavy atom. The molecular weight excluding hydrogens is 571 g/mol. The first kappa shape index (κ1) is 29.2. The number of ether oxygens (including phenoxy) is 2. The molecule has 0 unspecified atom stereocenters. The van der Waals surface area contributed by atoms with Crippen LogP contribution in [0.5, 0.6) is 11.5 Å². The zero-order valence-corrected chi connectivity index (χ0v) is 24.8. The molecule has 44 heavy (non-hydrogen) atoms. The van der Waals surface area contributed by atoms with Crippen LogP contribution in [0, 0.1) is 0 Å². The third-order valence-electron chi connectivity index (χ3n) is 7.89. The Bertz CT molecular complexity index is 1800. The number of anilines is 3. The van der Waals surface area contributed by atoms with Crippen LogP contribution in [0.4, 0.5) is 30.5 Å². The van der Waals surface area contributed by atoms with E-state index in [0.717, 1.165) is 65.8 Å². The van der Waals surface area contributed by atoms with Crippen molar-refractivity contribution in [1.29, 1.82) is 0 Å². The summed E-state index contributed by atoms with van der Waals surface area (Å²) in [5.41, 5.74) is 4.03. The van der Waals surface area contributed by atoms with E-state index in [-0.39, 0.29) is 0 Å². The Morgan fingerprint density at radius 3 is 2.32 bits per heavy atom. The number of hydrogen-bond acceptors (Lipinski definition) is 8. The Labute approximate surface area is 252 Å². The van der Waals surface area contributed by atoms with E-state index < -0.39 is 11.9 Å². The van der Waals surface area contributed by atoms with Crippen LogP contribution in [-0.4, -0.2) is 71.9 Å². The highest BCUT2D eigenvalue weighted by molar-refractivity contribution is 5.99. The van der Waals surface area contributed by atoms with E-state index >= 15 is 0 Å². The van der Waals surface area contributed by atoms with Gasteiger partial charge in [-0.2, -0.15) is 13.2 Å². The topological polar surface area (TPSA) is 80.6 Å². The number of likely N-dealkylation sites (N-methyl/N-ethyl adjacent to an activating group) is 1. The summed E-state index contributed by atoms with van der Waals surface area (Å²) in [7, 11) is 7.29. The number of pyridine rings is 1. The van der Waals surface area contributed by atoms with Gasteiger partial charge in [0.15, 0.2) is 0 Å². The number of benzene rings is 2. The molecule has 6 rings (SSSR count). The fraction of sp³-hybridized carbons (Fsp3) is 0.281. The van der Waals surface area contributed by atoms with Gasteiger partial charge < -0.3 is 29.2 Å². The Hall–Kier alpha value is -4.84. The molecule has 0 radical (unpaired) electrons. The van der Waals surface area contributed by atoms with Gasteiger partial charge in [0.2, 0.25) is 5.95 Å². The minimum absolute atomic E-state index is 0.323. The number of fused-ring (bicyclic) bond motifs is 1. The third kappa shape index (κ3) is 5.72. The van der Waals surface area contributed by atoms with Gasteiger partial charge in [-0.15, -0.1) is 0 Å². The predicted molar refractivity (Wildman–Crippen MR) is 165 cm³/mol. The quantitative estimate of drug-likeness (QED) is 0.235. The SMILES string of the molecule is COc1ccc2c(-c3nc(Nc4ccc(N5CCN(C)CC5)c(OC)c4)ncc3-c3ccc(C(F)(F)F)nc3)cn(C)c2c1. The van der Waals surface area contributed by atoms with E-state index in [1.165, 1.54) is 12.3 Å². The second kappa shape index (κ2) is 11.7. The highest BCUT2D eigenvalue weighted by atomic mass is 19.4. The molecule has 2 aromatic carbocycles. The van der Waals surface area contributed by atoms with Crippen LogP contribution >= 0.6 is 0 Å². The van der Waals surface area contributed by atoms with Gasteiger partial charge in [-0.25, -0.2) is 9.97 Å². The Balaban J connectivity index is 1.41. The molecule has 0 atom stereocenters. The zero-order valence-electron chi connectivity index (χ0n) is 24.8. The van der Waals surface area contributed by atoms with Gasteiger partial charge in [0.05, 0.1) is 31.1 Å². The summed E-state index contributed by atoms with van der Waals surface area (Å²) >= 11 is 0. The van der Waals surface area contributed by atoms with E-state index in [2.05, 4.69) is 32.1 Å². The Morgan fingerprint density at radius 1 is 0.841 bits per heavy atom. The van der Waals surface area contributed by atoms with Crippen LogP contribution in [0.15, 0.2) is 67.1 Å². The van der Waals surface area contributed by atoms with Gasteiger partial charge in [0.1, 0.15) is 17.2 Å². The molecule has 1 aliphatic rings. The largest absolute Gasteiger partial charge is 0.497 e. The van der Waals surface area contributed by atoms with Crippen molar-refractivity contribution in [1.82, 2.24) is 24.4 Å². The molecule has 0 saturated carbocycles. The van der Waals surface area contributed by atoms with E-state index in [1.54, 1.807) is 20.4 Å².